The Labute approximate surface area is 194 Å². The van der Waals surface area contributed by atoms with E-state index in [1.807, 2.05) is 54.6 Å². The van der Waals surface area contributed by atoms with Crippen molar-refractivity contribution in [3.63, 3.8) is 0 Å². The van der Waals surface area contributed by atoms with E-state index in [-0.39, 0.29) is 5.97 Å². The summed E-state index contributed by atoms with van der Waals surface area (Å²) in [4.78, 5) is 11.6. The van der Waals surface area contributed by atoms with Gasteiger partial charge < -0.3 is 14.2 Å². The lowest BCUT2D eigenvalue weighted by Gasteiger charge is -2.19. The molecule has 0 saturated heterocycles. The molecular weight excluding hydrogens is 412 g/mol. The van der Waals surface area contributed by atoms with Crippen LogP contribution in [-0.2, 0) is 20.9 Å². The largest absolute Gasteiger partial charge is 0.463 e. The summed E-state index contributed by atoms with van der Waals surface area (Å²) in [5.74, 6) is 1.15. The average Bonchev–Trinajstić information content (AvgIpc) is 2.84. The van der Waals surface area contributed by atoms with Gasteiger partial charge in [0.15, 0.2) is 0 Å². The summed E-state index contributed by atoms with van der Waals surface area (Å²) >= 11 is 0. The van der Waals surface area contributed by atoms with Crippen LogP contribution in [0, 0.1) is 0 Å². The molecule has 166 valence electrons. The zero-order valence-corrected chi connectivity index (χ0v) is 18.8. The highest BCUT2D eigenvalue weighted by molar-refractivity contribution is 5.97. The number of fused-ring (bicyclic) bond motifs is 1. The fourth-order valence-electron chi connectivity index (χ4n) is 3.79. The van der Waals surface area contributed by atoms with Gasteiger partial charge in [-0.25, -0.2) is 4.79 Å². The zero-order valence-electron chi connectivity index (χ0n) is 18.8. The minimum atomic E-state index is -0.355. The third-order valence-corrected chi connectivity index (χ3v) is 5.24. The summed E-state index contributed by atoms with van der Waals surface area (Å²) < 4.78 is 17.0. The van der Waals surface area contributed by atoms with Gasteiger partial charge in [-0.05, 0) is 53.3 Å². The molecule has 4 aromatic rings. The number of ether oxygens (including phenoxy) is 3. The topological polar surface area (TPSA) is 44.8 Å². The lowest BCUT2D eigenvalue weighted by atomic mass is 9.94. The van der Waals surface area contributed by atoms with Crippen molar-refractivity contribution in [2.24, 2.45) is 0 Å². The lowest BCUT2D eigenvalue weighted by Crippen LogP contribution is -1.98. The molecule has 4 heteroatoms. The molecule has 0 aliphatic rings. The Morgan fingerprint density at radius 3 is 2.36 bits per heavy atom. The Kier molecular flexibility index (Phi) is 7.18. The minimum absolute atomic E-state index is 0.355. The van der Waals surface area contributed by atoms with Crippen molar-refractivity contribution in [2.45, 2.75) is 13.5 Å². The molecule has 0 heterocycles. The summed E-state index contributed by atoms with van der Waals surface area (Å²) in [5.41, 5.74) is 4.03. The minimum Gasteiger partial charge on any atom is -0.463 e. The molecule has 4 nitrogen and oxygen atoms in total. The van der Waals surface area contributed by atoms with Gasteiger partial charge in [-0.15, -0.1) is 0 Å². The molecular formula is C29H26O4. The Balaban J connectivity index is 1.76. The predicted octanol–water partition coefficient (Wildman–Crippen LogP) is 7.02. The second kappa shape index (κ2) is 10.6. The van der Waals surface area contributed by atoms with Gasteiger partial charge in [-0.1, -0.05) is 66.7 Å². The molecule has 0 fully saturated rings. The van der Waals surface area contributed by atoms with Crippen molar-refractivity contribution in [3.8, 4) is 22.6 Å². The van der Waals surface area contributed by atoms with Crippen molar-refractivity contribution < 1.29 is 19.0 Å². The molecule has 4 aromatic carbocycles. The smallest absolute Gasteiger partial charge is 0.330 e. The molecule has 0 unspecified atom stereocenters. The molecule has 0 spiro atoms. The number of benzene rings is 4. The van der Waals surface area contributed by atoms with Crippen LogP contribution in [-0.4, -0.2) is 19.7 Å². The number of rotatable bonds is 8. The fraction of sp³-hybridized carbons (Fsp3) is 0.138. The molecule has 0 radical (unpaired) electrons. The van der Waals surface area contributed by atoms with E-state index in [0.29, 0.717) is 19.0 Å². The van der Waals surface area contributed by atoms with Crippen molar-refractivity contribution in [2.75, 3.05) is 13.7 Å². The summed E-state index contributed by atoms with van der Waals surface area (Å²) in [6.45, 7) is 2.62. The normalized spacial score (nSPS) is 11.1. The molecule has 0 bridgehead atoms. The number of hydrogen-bond donors (Lipinski definition) is 0. The summed E-state index contributed by atoms with van der Waals surface area (Å²) in [6.07, 6.45) is 3.15. The van der Waals surface area contributed by atoms with E-state index in [2.05, 4.69) is 30.3 Å². The highest BCUT2D eigenvalue weighted by Crippen LogP contribution is 2.42. The van der Waals surface area contributed by atoms with E-state index in [1.165, 1.54) is 6.08 Å². The molecule has 0 N–H and O–H groups in total. The second-order valence-electron chi connectivity index (χ2n) is 7.52. The first-order valence-electron chi connectivity index (χ1n) is 10.9. The maximum atomic E-state index is 11.6. The third kappa shape index (κ3) is 5.30. The van der Waals surface area contributed by atoms with Gasteiger partial charge in [0.1, 0.15) is 11.5 Å². The van der Waals surface area contributed by atoms with Crippen molar-refractivity contribution in [1.29, 1.82) is 0 Å². The van der Waals surface area contributed by atoms with E-state index in [1.54, 1.807) is 20.1 Å². The molecule has 0 aliphatic heterocycles. The summed E-state index contributed by atoms with van der Waals surface area (Å²) in [5, 5.41) is 2.12. The molecule has 0 saturated carbocycles. The highest BCUT2D eigenvalue weighted by Gasteiger charge is 2.17. The quantitative estimate of drug-likeness (QED) is 0.219. The fourth-order valence-corrected chi connectivity index (χ4v) is 3.79. The van der Waals surface area contributed by atoms with Gasteiger partial charge in [0.05, 0.1) is 13.2 Å². The molecule has 33 heavy (non-hydrogen) atoms. The van der Waals surface area contributed by atoms with Crippen LogP contribution < -0.4 is 4.74 Å². The van der Waals surface area contributed by atoms with Crippen LogP contribution in [0.15, 0.2) is 91.0 Å². The number of methoxy groups -OCH3 is 1. The van der Waals surface area contributed by atoms with Gasteiger partial charge in [0.25, 0.3) is 0 Å². The van der Waals surface area contributed by atoms with Crippen LogP contribution in [0.1, 0.15) is 18.1 Å². The van der Waals surface area contributed by atoms with Crippen LogP contribution >= 0.6 is 0 Å². The monoisotopic (exact) mass is 438 g/mol. The molecule has 0 atom stereocenters. The molecule has 4 rings (SSSR count). The number of carbonyl (C=O) groups excluding carboxylic acids is 1. The van der Waals surface area contributed by atoms with Gasteiger partial charge in [0, 0.05) is 24.1 Å². The SMILES string of the molecule is CCOC(=O)/C=C/c1ccc(Oc2c(-c3ccccc3)c(COC)cc3ccccc23)cc1. The highest BCUT2D eigenvalue weighted by atomic mass is 16.5. The lowest BCUT2D eigenvalue weighted by molar-refractivity contribution is -0.137. The number of carbonyl (C=O) groups is 1. The summed E-state index contributed by atoms with van der Waals surface area (Å²) in [6, 6.07) is 28.2. The number of hydrogen-bond acceptors (Lipinski definition) is 4. The van der Waals surface area contributed by atoms with Crippen molar-refractivity contribution in [1.82, 2.24) is 0 Å². The van der Waals surface area contributed by atoms with Gasteiger partial charge in [-0.2, -0.15) is 0 Å². The van der Waals surface area contributed by atoms with Gasteiger partial charge >= 0.3 is 5.97 Å². The predicted molar refractivity (Wildman–Crippen MR) is 132 cm³/mol. The van der Waals surface area contributed by atoms with Gasteiger partial charge in [0.2, 0.25) is 0 Å². The van der Waals surface area contributed by atoms with Crippen molar-refractivity contribution >= 4 is 22.8 Å². The third-order valence-electron chi connectivity index (χ3n) is 5.24. The van der Waals surface area contributed by atoms with E-state index < -0.39 is 0 Å². The van der Waals surface area contributed by atoms with E-state index >= 15 is 0 Å². The van der Waals surface area contributed by atoms with Crippen LogP contribution in [0.25, 0.3) is 28.0 Å². The first-order chi connectivity index (χ1) is 16.2. The van der Waals surface area contributed by atoms with Crippen LogP contribution in [0.5, 0.6) is 11.5 Å². The van der Waals surface area contributed by atoms with Gasteiger partial charge in [-0.3, -0.25) is 0 Å². The van der Waals surface area contributed by atoms with Crippen LogP contribution in [0.4, 0.5) is 0 Å². The van der Waals surface area contributed by atoms with Crippen LogP contribution in [0.2, 0.25) is 0 Å². The molecule has 0 amide bonds. The van der Waals surface area contributed by atoms with E-state index in [4.69, 9.17) is 14.2 Å². The Bertz CT molecular complexity index is 1260. The average molecular weight is 439 g/mol. The molecule has 0 aromatic heterocycles. The Morgan fingerprint density at radius 2 is 1.64 bits per heavy atom. The number of esters is 1. The second-order valence-corrected chi connectivity index (χ2v) is 7.52. The first kappa shape index (κ1) is 22.3. The Hall–Kier alpha value is -3.89. The van der Waals surface area contributed by atoms with E-state index in [0.717, 1.165) is 38.8 Å². The Morgan fingerprint density at radius 1 is 0.909 bits per heavy atom. The zero-order chi connectivity index (χ0) is 23.0. The maximum Gasteiger partial charge on any atom is 0.330 e. The maximum absolute atomic E-state index is 11.6. The van der Waals surface area contributed by atoms with Crippen molar-refractivity contribution in [3.05, 3.63) is 102 Å². The van der Waals surface area contributed by atoms with E-state index in [9.17, 15) is 4.79 Å². The first-order valence-corrected chi connectivity index (χ1v) is 10.9. The standard InChI is InChI=1S/C29H26O4/c1-3-32-27(30)18-15-21-13-16-25(17-14-21)33-29-26-12-8-7-11-23(26)19-24(20-31-2)28(29)22-9-5-4-6-10-22/h4-19H,3,20H2,1-2H3/b18-15+. The summed E-state index contributed by atoms with van der Waals surface area (Å²) in [7, 11) is 1.70. The molecule has 0 aliphatic carbocycles. The van der Waals surface area contributed by atoms with Crippen LogP contribution in [0.3, 0.4) is 0 Å².